The number of hydrogen-bond acceptors (Lipinski definition) is 1. The molecule has 0 heterocycles. The van der Waals surface area contributed by atoms with Gasteiger partial charge in [-0.05, 0) is 45.7 Å². The van der Waals surface area contributed by atoms with Crippen molar-refractivity contribution < 1.29 is 0 Å². The van der Waals surface area contributed by atoms with Crippen LogP contribution in [-0.4, -0.2) is 13.6 Å². The lowest BCUT2D eigenvalue weighted by atomic mass is 10.0. The molecule has 0 rings (SSSR count). The van der Waals surface area contributed by atoms with Crippen molar-refractivity contribution in [3.8, 4) is 0 Å². The van der Waals surface area contributed by atoms with E-state index in [1.54, 1.807) is 5.57 Å². The van der Waals surface area contributed by atoms with E-state index in [4.69, 9.17) is 0 Å². The Labute approximate surface area is 77.2 Å². The van der Waals surface area contributed by atoms with Crippen LogP contribution >= 0.6 is 0 Å². The van der Waals surface area contributed by atoms with Gasteiger partial charge >= 0.3 is 0 Å². The lowest BCUT2D eigenvalue weighted by Crippen LogP contribution is -2.06. The summed E-state index contributed by atoms with van der Waals surface area (Å²) in [7, 11) is 2.00. The second-order valence-electron chi connectivity index (χ2n) is 3.88. The molecule has 0 aromatic rings. The van der Waals surface area contributed by atoms with E-state index in [2.05, 4.69) is 32.2 Å². The average Bonchev–Trinajstić information content (AvgIpc) is 2.01. The second-order valence-corrected chi connectivity index (χ2v) is 3.88. The highest BCUT2D eigenvalue weighted by atomic mass is 14.8. The summed E-state index contributed by atoms with van der Waals surface area (Å²) < 4.78 is 0. The molecule has 0 fully saturated rings. The molecule has 0 saturated heterocycles. The molecule has 0 bridgehead atoms. The summed E-state index contributed by atoms with van der Waals surface area (Å²) in [5.74, 6) is 0.831. The van der Waals surface area contributed by atoms with Gasteiger partial charge in [-0.25, -0.2) is 0 Å². The van der Waals surface area contributed by atoms with Crippen LogP contribution in [0.5, 0.6) is 0 Å². The normalized spacial score (nSPS) is 12.6. The van der Waals surface area contributed by atoms with Crippen molar-refractivity contribution in [2.24, 2.45) is 5.92 Å². The van der Waals surface area contributed by atoms with Gasteiger partial charge in [-0.3, -0.25) is 0 Å². The summed E-state index contributed by atoms with van der Waals surface area (Å²) in [6, 6.07) is 0. The first-order valence-electron chi connectivity index (χ1n) is 4.97. The minimum Gasteiger partial charge on any atom is -0.319 e. The fourth-order valence-corrected chi connectivity index (χ4v) is 1.08. The van der Waals surface area contributed by atoms with Crippen molar-refractivity contribution in [3.63, 3.8) is 0 Å². The van der Waals surface area contributed by atoms with Gasteiger partial charge in [-0.1, -0.05) is 25.5 Å². The monoisotopic (exact) mass is 169 g/mol. The number of rotatable bonds is 6. The molecule has 12 heavy (non-hydrogen) atoms. The van der Waals surface area contributed by atoms with E-state index in [-0.39, 0.29) is 0 Å². The molecule has 1 N–H and O–H groups in total. The Kier molecular flexibility index (Phi) is 7.17. The molecule has 0 aliphatic heterocycles. The summed E-state index contributed by atoms with van der Waals surface area (Å²) in [4.78, 5) is 0. The van der Waals surface area contributed by atoms with E-state index in [1.165, 1.54) is 19.3 Å². The first-order chi connectivity index (χ1) is 5.66. The molecule has 1 nitrogen and oxygen atoms in total. The number of nitrogens with one attached hydrogen (secondary N) is 1. The van der Waals surface area contributed by atoms with Gasteiger partial charge in [-0.15, -0.1) is 0 Å². The van der Waals surface area contributed by atoms with Crippen LogP contribution < -0.4 is 5.32 Å². The Bertz CT molecular complexity index is 125. The SMILES string of the molecule is CNCCC=C(C)CCC(C)C. The lowest BCUT2D eigenvalue weighted by Gasteiger charge is -2.04. The van der Waals surface area contributed by atoms with E-state index in [0.717, 1.165) is 12.5 Å². The van der Waals surface area contributed by atoms with E-state index < -0.39 is 0 Å². The minimum absolute atomic E-state index is 0.831. The maximum atomic E-state index is 3.14. The van der Waals surface area contributed by atoms with E-state index in [0.29, 0.717) is 0 Å². The minimum atomic E-state index is 0.831. The smallest absolute Gasteiger partial charge is 0.00172 e. The van der Waals surface area contributed by atoms with Crippen molar-refractivity contribution in [2.75, 3.05) is 13.6 Å². The zero-order valence-corrected chi connectivity index (χ0v) is 8.98. The van der Waals surface area contributed by atoms with E-state index in [1.807, 2.05) is 7.05 Å². The lowest BCUT2D eigenvalue weighted by molar-refractivity contribution is 0.583. The highest BCUT2D eigenvalue weighted by molar-refractivity contribution is 4.97. The Balaban J connectivity index is 3.42. The first-order valence-corrected chi connectivity index (χ1v) is 4.97. The van der Waals surface area contributed by atoms with Gasteiger partial charge in [0.25, 0.3) is 0 Å². The molecule has 72 valence electrons. The summed E-state index contributed by atoms with van der Waals surface area (Å²) in [5.41, 5.74) is 1.54. The third-order valence-electron chi connectivity index (χ3n) is 2.00. The van der Waals surface area contributed by atoms with Gasteiger partial charge in [0.1, 0.15) is 0 Å². The molecular weight excluding hydrogens is 146 g/mol. The quantitative estimate of drug-likeness (QED) is 0.476. The van der Waals surface area contributed by atoms with Crippen molar-refractivity contribution in [2.45, 2.75) is 40.0 Å². The van der Waals surface area contributed by atoms with Crippen molar-refractivity contribution in [1.29, 1.82) is 0 Å². The van der Waals surface area contributed by atoms with Crippen LogP contribution in [0.1, 0.15) is 40.0 Å². The molecule has 0 amide bonds. The second kappa shape index (κ2) is 7.35. The molecule has 0 aromatic heterocycles. The maximum absolute atomic E-state index is 3.14. The number of hydrogen-bond donors (Lipinski definition) is 1. The van der Waals surface area contributed by atoms with Crippen LogP contribution in [0.3, 0.4) is 0 Å². The van der Waals surface area contributed by atoms with Crippen LogP contribution in [0.4, 0.5) is 0 Å². The van der Waals surface area contributed by atoms with Gasteiger partial charge in [0.2, 0.25) is 0 Å². The molecule has 0 spiro atoms. The topological polar surface area (TPSA) is 12.0 Å². The molecular formula is C11H23N. The molecule has 1 heteroatoms. The largest absolute Gasteiger partial charge is 0.319 e. The van der Waals surface area contributed by atoms with Crippen LogP contribution in [0.25, 0.3) is 0 Å². The summed E-state index contributed by atoms with van der Waals surface area (Å²) in [5, 5.41) is 3.14. The molecule has 0 aliphatic carbocycles. The summed E-state index contributed by atoms with van der Waals surface area (Å²) >= 11 is 0. The van der Waals surface area contributed by atoms with Gasteiger partial charge in [0, 0.05) is 0 Å². The molecule has 0 aliphatic rings. The van der Waals surface area contributed by atoms with Crippen LogP contribution in [0.15, 0.2) is 11.6 Å². The Morgan fingerprint density at radius 2 is 2.08 bits per heavy atom. The highest BCUT2D eigenvalue weighted by Crippen LogP contribution is 2.10. The molecule has 0 aromatic carbocycles. The molecule has 0 unspecified atom stereocenters. The molecule has 0 saturated carbocycles. The summed E-state index contributed by atoms with van der Waals surface area (Å²) in [6.07, 6.45) is 6.10. The van der Waals surface area contributed by atoms with E-state index >= 15 is 0 Å². The van der Waals surface area contributed by atoms with Gasteiger partial charge < -0.3 is 5.32 Å². The fraction of sp³-hybridized carbons (Fsp3) is 0.818. The predicted octanol–water partition coefficient (Wildman–Crippen LogP) is 2.98. The first kappa shape index (κ1) is 11.7. The Morgan fingerprint density at radius 3 is 2.58 bits per heavy atom. The van der Waals surface area contributed by atoms with Crippen molar-refractivity contribution in [3.05, 3.63) is 11.6 Å². The third kappa shape index (κ3) is 7.80. The fourth-order valence-electron chi connectivity index (χ4n) is 1.08. The van der Waals surface area contributed by atoms with Gasteiger partial charge in [-0.2, -0.15) is 0 Å². The highest BCUT2D eigenvalue weighted by Gasteiger charge is 1.94. The predicted molar refractivity (Wildman–Crippen MR) is 56.4 cm³/mol. The van der Waals surface area contributed by atoms with Crippen molar-refractivity contribution in [1.82, 2.24) is 5.32 Å². The maximum Gasteiger partial charge on any atom is -0.00172 e. The standard InChI is InChI=1S/C11H23N/c1-10(2)7-8-11(3)6-5-9-12-4/h6,10,12H,5,7-9H2,1-4H3. The van der Waals surface area contributed by atoms with Crippen molar-refractivity contribution >= 4 is 0 Å². The average molecular weight is 169 g/mol. The molecule has 0 atom stereocenters. The van der Waals surface area contributed by atoms with Crippen LogP contribution in [0, 0.1) is 5.92 Å². The summed E-state index contributed by atoms with van der Waals surface area (Å²) in [6.45, 7) is 7.89. The van der Waals surface area contributed by atoms with Gasteiger partial charge in [0.05, 0.1) is 0 Å². The van der Waals surface area contributed by atoms with E-state index in [9.17, 15) is 0 Å². The molecule has 0 radical (unpaired) electrons. The Morgan fingerprint density at radius 1 is 1.42 bits per heavy atom. The third-order valence-corrected chi connectivity index (χ3v) is 2.00. The zero-order valence-electron chi connectivity index (χ0n) is 8.98. The zero-order chi connectivity index (χ0) is 9.40. The van der Waals surface area contributed by atoms with Crippen LogP contribution in [-0.2, 0) is 0 Å². The van der Waals surface area contributed by atoms with Gasteiger partial charge in [0.15, 0.2) is 0 Å². The van der Waals surface area contributed by atoms with Crippen LogP contribution in [0.2, 0.25) is 0 Å². The number of allylic oxidation sites excluding steroid dienone is 1. The Hall–Kier alpha value is -0.300.